The Bertz CT molecular complexity index is 422. The van der Waals surface area contributed by atoms with Gasteiger partial charge in [-0.1, -0.05) is 6.08 Å². The minimum absolute atomic E-state index is 0.0317. The van der Waals surface area contributed by atoms with Gasteiger partial charge in [-0.3, -0.25) is 4.79 Å². The predicted octanol–water partition coefficient (Wildman–Crippen LogP) is 2.00. The van der Waals surface area contributed by atoms with Crippen molar-refractivity contribution in [3.05, 3.63) is 36.9 Å². The average Bonchev–Trinajstić information content (AvgIpc) is 2.94. The summed E-state index contributed by atoms with van der Waals surface area (Å²) < 4.78 is 0. The number of nitrogens with one attached hydrogen (secondary N) is 2. The van der Waals surface area contributed by atoms with Crippen LogP contribution in [0.4, 0.5) is 11.4 Å². The monoisotopic (exact) mass is 259 g/mol. The van der Waals surface area contributed by atoms with Gasteiger partial charge in [0.2, 0.25) is 5.91 Å². The fourth-order valence-corrected chi connectivity index (χ4v) is 2.22. The van der Waals surface area contributed by atoms with E-state index >= 15 is 0 Å². The van der Waals surface area contributed by atoms with E-state index in [2.05, 4.69) is 34.2 Å². The molecule has 0 spiro atoms. The van der Waals surface area contributed by atoms with Crippen LogP contribution in [0.15, 0.2) is 36.9 Å². The minimum Gasteiger partial charge on any atom is -0.372 e. The summed E-state index contributed by atoms with van der Waals surface area (Å²) in [7, 11) is 0. The Labute approximate surface area is 114 Å². The van der Waals surface area contributed by atoms with Crippen molar-refractivity contribution in [3.8, 4) is 0 Å². The highest BCUT2D eigenvalue weighted by atomic mass is 16.1. The van der Waals surface area contributed by atoms with Gasteiger partial charge in [0.1, 0.15) is 0 Å². The van der Waals surface area contributed by atoms with Crippen LogP contribution >= 0.6 is 0 Å². The molecule has 0 aromatic heterocycles. The molecule has 4 nitrogen and oxygen atoms in total. The van der Waals surface area contributed by atoms with Crippen LogP contribution in [0.3, 0.4) is 0 Å². The summed E-state index contributed by atoms with van der Waals surface area (Å²) in [6, 6.07) is 8.05. The average molecular weight is 259 g/mol. The van der Waals surface area contributed by atoms with Gasteiger partial charge in [-0.25, -0.2) is 0 Å². The maximum absolute atomic E-state index is 11.6. The van der Waals surface area contributed by atoms with Gasteiger partial charge < -0.3 is 15.5 Å². The van der Waals surface area contributed by atoms with Crippen molar-refractivity contribution in [3.63, 3.8) is 0 Å². The fourth-order valence-electron chi connectivity index (χ4n) is 2.22. The van der Waals surface area contributed by atoms with Gasteiger partial charge in [-0.2, -0.15) is 0 Å². The first-order valence-electron chi connectivity index (χ1n) is 6.76. The third kappa shape index (κ3) is 4.10. The summed E-state index contributed by atoms with van der Waals surface area (Å²) in [5, 5.41) is 5.84. The number of nitrogens with zero attached hydrogens (tertiary/aromatic N) is 1. The predicted molar refractivity (Wildman–Crippen MR) is 79.6 cm³/mol. The second kappa shape index (κ2) is 6.95. The van der Waals surface area contributed by atoms with Crippen LogP contribution in [0, 0.1) is 0 Å². The number of amides is 1. The molecular weight excluding hydrogens is 238 g/mol. The van der Waals surface area contributed by atoms with E-state index in [0.717, 1.165) is 18.8 Å². The molecule has 0 aliphatic carbocycles. The number of carbonyl (C=O) groups is 1. The lowest BCUT2D eigenvalue weighted by Gasteiger charge is -2.17. The third-order valence-corrected chi connectivity index (χ3v) is 3.20. The Balaban J connectivity index is 1.84. The number of hydrogen-bond donors (Lipinski definition) is 2. The van der Waals surface area contributed by atoms with E-state index in [4.69, 9.17) is 0 Å². The van der Waals surface area contributed by atoms with Crippen molar-refractivity contribution in [1.82, 2.24) is 5.32 Å². The third-order valence-electron chi connectivity index (χ3n) is 3.20. The SMILES string of the molecule is C=CCNCC(=O)Nc1ccc(N2CCCC2)cc1. The summed E-state index contributed by atoms with van der Waals surface area (Å²) in [5.74, 6) is -0.0317. The molecule has 1 amide bonds. The summed E-state index contributed by atoms with van der Waals surface area (Å²) in [6.45, 7) is 6.81. The number of carbonyl (C=O) groups excluding carboxylic acids is 1. The molecule has 1 heterocycles. The van der Waals surface area contributed by atoms with Crippen LogP contribution in [-0.4, -0.2) is 32.1 Å². The Kier molecular flexibility index (Phi) is 4.98. The van der Waals surface area contributed by atoms with Gasteiger partial charge in [-0.15, -0.1) is 6.58 Å². The quantitative estimate of drug-likeness (QED) is 0.606. The largest absolute Gasteiger partial charge is 0.372 e. The molecule has 102 valence electrons. The Morgan fingerprint density at radius 3 is 2.58 bits per heavy atom. The lowest BCUT2D eigenvalue weighted by Crippen LogP contribution is -2.28. The van der Waals surface area contributed by atoms with E-state index in [1.54, 1.807) is 6.08 Å². The highest BCUT2D eigenvalue weighted by Crippen LogP contribution is 2.21. The molecule has 2 N–H and O–H groups in total. The zero-order valence-corrected chi connectivity index (χ0v) is 11.2. The second-order valence-corrected chi connectivity index (χ2v) is 4.71. The molecule has 1 aliphatic heterocycles. The molecule has 0 saturated carbocycles. The highest BCUT2D eigenvalue weighted by Gasteiger charge is 2.11. The maximum atomic E-state index is 11.6. The van der Waals surface area contributed by atoms with E-state index in [1.807, 2.05) is 12.1 Å². The molecule has 1 fully saturated rings. The van der Waals surface area contributed by atoms with Gasteiger partial charge in [-0.05, 0) is 37.1 Å². The van der Waals surface area contributed by atoms with Crippen molar-refractivity contribution < 1.29 is 4.79 Å². The molecule has 0 radical (unpaired) electrons. The molecule has 4 heteroatoms. The normalized spacial score (nSPS) is 14.4. The van der Waals surface area contributed by atoms with Gasteiger partial charge in [0, 0.05) is 31.0 Å². The molecule has 0 atom stereocenters. The molecular formula is C15H21N3O. The summed E-state index contributed by atoms with van der Waals surface area (Å²) in [4.78, 5) is 14.0. The smallest absolute Gasteiger partial charge is 0.238 e. The fraction of sp³-hybridized carbons (Fsp3) is 0.400. The molecule has 1 aromatic rings. The van der Waals surface area contributed by atoms with E-state index in [9.17, 15) is 4.79 Å². The van der Waals surface area contributed by atoms with Crippen molar-refractivity contribution in [1.29, 1.82) is 0 Å². The Hall–Kier alpha value is -1.81. The van der Waals surface area contributed by atoms with Crippen LogP contribution in [0.1, 0.15) is 12.8 Å². The first kappa shape index (κ1) is 13.6. The van der Waals surface area contributed by atoms with E-state index in [1.165, 1.54) is 18.5 Å². The van der Waals surface area contributed by atoms with E-state index in [-0.39, 0.29) is 5.91 Å². The second-order valence-electron chi connectivity index (χ2n) is 4.71. The molecule has 1 aromatic carbocycles. The van der Waals surface area contributed by atoms with Crippen LogP contribution in [0.25, 0.3) is 0 Å². The van der Waals surface area contributed by atoms with Crippen LogP contribution in [-0.2, 0) is 4.79 Å². The van der Waals surface area contributed by atoms with E-state index < -0.39 is 0 Å². The lowest BCUT2D eigenvalue weighted by atomic mass is 10.2. The summed E-state index contributed by atoms with van der Waals surface area (Å²) >= 11 is 0. The molecule has 0 unspecified atom stereocenters. The van der Waals surface area contributed by atoms with E-state index in [0.29, 0.717) is 13.1 Å². The Morgan fingerprint density at radius 1 is 1.26 bits per heavy atom. The number of rotatable bonds is 6. The van der Waals surface area contributed by atoms with Gasteiger partial charge in [0.05, 0.1) is 6.54 Å². The highest BCUT2D eigenvalue weighted by molar-refractivity contribution is 5.92. The van der Waals surface area contributed by atoms with Crippen molar-refractivity contribution >= 4 is 17.3 Å². The van der Waals surface area contributed by atoms with Crippen LogP contribution in [0.5, 0.6) is 0 Å². The Morgan fingerprint density at radius 2 is 1.95 bits per heavy atom. The summed E-state index contributed by atoms with van der Waals surface area (Å²) in [6.07, 6.45) is 4.28. The van der Waals surface area contributed by atoms with Crippen molar-refractivity contribution in [2.75, 3.05) is 36.4 Å². The van der Waals surface area contributed by atoms with Crippen LogP contribution in [0.2, 0.25) is 0 Å². The first-order chi connectivity index (χ1) is 9.29. The molecule has 2 rings (SSSR count). The topological polar surface area (TPSA) is 44.4 Å². The molecule has 1 saturated heterocycles. The van der Waals surface area contributed by atoms with Gasteiger partial charge in [0.15, 0.2) is 0 Å². The maximum Gasteiger partial charge on any atom is 0.238 e. The zero-order valence-electron chi connectivity index (χ0n) is 11.2. The minimum atomic E-state index is -0.0317. The lowest BCUT2D eigenvalue weighted by molar-refractivity contribution is -0.115. The zero-order chi connectivity index (χ0) is 13.5. The molecule has 1 aliphatic rings. The number of anilines is 2. The van der Waals surface area contributed by atoms with Crippen molar-refractivity contribution in [2.45, 2.75) is 12.8 Å². The standard InChI is InChI=1S/C15H21N3O/c1-2-9-16-12-15(19)17-13-5-7-14(8-6-13)18-10-3-4-11-18/h2,5-8,16H,1,3-4,9-12H2,(H,17,19). The van der Waals surface area contributed by atoms with Gasteiger partial charge in [0.25, 0.3) is 0 Å². The van der Waals surface area contributed by atoms with Crippen LogP contribution < -0.4 is 15.5 Å². The molecule has 0 bridgehead atoms. The molecule has 19 heavy (non-hydrogen) atoms. The van der Waals surface area contributed by atoms with Crippen molar-refractivity contribution in [2.24, 2.45) is 0 Å². The first-order valence-corrected chi connectivity index (χ1v) is 6.76. The summed E-state index contributed by atoms with van der Waals surface area (Å²) in [5.41, 5.74) is 2.08. The number of hydrogen-bond acceptors (Lipinski definition) is 3. The number of benzene rings is 1. The van der Waals surface area contributed by atoms with Gasteiger partial charge >= 0.3 is 0 Å².